The van der Waals surface area contributed by atoms with Crippen molar-refractivity contribution in [2.75, 3.05) is 4.72 Å². The Morgan fingerprint density at radius 1 is 1.50 bits per heavy atom. The number of carboxylic acid groups (broad SMARTS) is 1. The van der Waals surface area contributed by atoms with Crippen LogP contribution in [0.15, 0.2) is 29.8 Å². The molecule has 1 aromatic carbocycles. The number of benzene rings is 1. The van der Waals surface area contributed by atoms with Crippen LogP contribution in [-0.2, 0) is 16.1 Å². The molecule has 0 spiro atoms. The van der Waals surface area contributed by atoms with Gasteiger partial charge < -0.3 is 15.1 Å². The summed E-state index contributed by atoms with van der Waals surface area (Å²) in [5.41, 5.74) is 2.61. The van der Waals surface area contributed by atoms with E-state index < -0.39 is 0 Å². The average Bonchev–Trinajstić information content (AvgIpc) is 2.54. The lowest BCUT2D eigenvalue weighted by Gasteiger charge is -2.21. The molecule has 0 saturated heterocycles. The van der Waals surface area contributed by atoms with Crippen molar-refractivity contribution >= 4 is 30.0 Å². The maximum absolute atomic E-state index is 14.0. The third kappa shape index (κ3) is 7.04. The molecule has 0 bridgehead atoms. The summed E-state index contributed by atoms with van der Waals surface area (Å²) in [6.45, 7) is 3.68. The van der Waals surface area contributed by atoms with Gasteiger partial charge in [-0.05, 0) is 55.8 Å². The highest BCUT2D eigenvalue weighted by Gasteiger charge is 2.15. The van der Waals surface area contributed by atoms with Crippen LogP contribution in [-0.4, -0.2) is 22.7 Å². The molecular weight excluding hydrogens is 331 g/mol. The van der Waals surface area contributed by atoms with E-state index in [0.717, 1.165) is 18.4 Å². The molecule has 0 heterocycles. The molecule has 24 heavy (non-hydrogen) atoms. The second-order valence-corrected chi connectivity index (χ2v) is 6.43. The topological polar surface area (TPSA) is 78.4 Å². The summed E-state index contributed by atoms with van der Waals surface area (Å²) in [5.74, 6) is -0.407. The second-order valence-electron chi connectivity index (χ2n) is 5.42. The Hall–Kier alpha value is -2.02. The summed E-state index contributed by atoms with van der Waals surface area (Å²) in [5, 5.41) is 9.96. The van der Waals surface area contributed by atoms with Gasteiger partial charge in [0, 0.05) is 18.7 Å². The van der Waals surface area contributed by atoms with E-state index in [1.54, 1.807) is 18.0 Å². The predicted octanol–water partition coefficient (Wildman–Crippen LogP) is 3.72. The fourth-order valence-electron chi connectivity index (χ4n) is 2.26. The van der Waals surface area contributed by atoms with Crippen LogP contribution in [0.1, 0.15) is 38.7 Å². The number of hydrogen-bond donors (Lipinski definition) is 3. The SMILES string of the molecule is CC(=O)NCc1ccc(NSC2CCCC=C2C)c(F)c1.O=CO. The van der Waals surface area contributed by atoms with E-state index >= 15 is 0 Å². The Labute approximate surface area is 145 Å². The summed E-state index contributed by atoms with van der Waals surface area (Å²) in [7, 11) is 0. The van der Waals surface area contributed by atoms with Crippen LogP contribution in [0.2, 0.25) is 0 Å². The molecular formula is C17H23FN2O3S. The van der Waals surface area contributed by atoms with E-state index in [2.05, 4.69) is 23.0 Å². The fourth-order valence-corrected chi connectivity index (χ4v) is 3.26. The van der Waals surface area contributed by atoms with Gasteiger partial charge in [0.05, 0.1) is 5.69 Å². The molecule has 7 heteroatoms. The minimum Gasteiger partial charge on any atom is -0.483 e. The number of anilines is 1. The molecule has 0 aliphatic heterocycles. The average molecular weight is 354 g/mol. The first kappa shape index (κ1) is 20.0. The molecule has 0 aromatic heterocycles. The van der Waals surface area contributed by atoms with Gasteiger partial charge >= 0.3 is 0 Å². The molecule has 2 rings (SSSR count). The lowest BCUT2D eigenvalue weighted by molar-refractivity contribution is -0.123. The van der Waals surface area contributed by atoms with E-state index in [0.29, 0.717) is 17.5 Å². The predicted molar refractivity (Wildman–Crippen MR) is 95.2 cm³/mol. The molecule has 5 nitrogen and oxygen atoms in total. The van der Waals surface area contributed by atoms with Crippen LogP contribution in [0.25, 0.3) is 0 Å². The van der Waals surface area contributed by atoms with Crippen molar-refractivity contribution in [2.45, 2.75) is 44.9 Å². The number of hydrogen-bond acceptors (Lipinski definition) is 4. The zero-order valence-corrected chi connectivity index (χ0v) is 14.7. The van der Waals surface area contributed by atoms with Crippen LogP contribution < -0.4 is 10.0 Å². The normalized spacial score (nSPS) is 16.3. The lowest BCUT2D eigenvalue weighted by Crippen LogP contribution is -2.19. The number of rotatable bonds is 5. The first-order valence-electron chi connectivity index (χ1n) is 7.67. The van der Waals surface area contributed by atoms with Crippen LogP contribution in [0, 0.1) is 5.82 Å². The van der Waals surface area contributed by atoms with Crippen molar-refractivity contribution in [3.05, 3.63) is 41.2 Å². The molecule has 1 aromatic rings. The van der Waals surface area contributed by atoms with E-state index in [1.165, 1.54) is 25.0 Å². The van der Waals surface area contributed by atoms with Crippen molar-refractivity contribution in [1.29, 1.82) is 0 Å². The van der Waals surface area contributed by atoms with Crippen molar-refractivity contribution in [1.82, 2.24) is 5.32 Å². The van der Waals surface area contributed by atoms with E-state index in [4.69, 9.17) is 9.90 Å². The number of allylic oxidation sites excluding steroid dienone is 1. The fraction of sp³-hybridized carbons (Fsp3) is 0.412. The van der Waals surface area contributed by atoms with Gasteiger partial charge in [0.15, 0.2) is 0 Å². The quantitative estimate of drug-likeness (QED) is 0.427. The van der Waals surface area contributed by atoms with E-state index in [9.17, 15) is 9.18 Å². The highest BCUT2D eigenvalue weighted by Crippen LogP contribution is 2.30. The minimum atomic E-state index is -0.289. The van der Waals surface area contributed by atoms with Gasteiger partial charge in [0.25, 0.3) is 6.47 Å². The number of amides is 1. The number of halogens is 1. The van der Waals surface area contributed by atoms with Crippen molar-refractivity contribution < 1.29 is 19.1 Å². The maximum atomic E-state index is 14.0. The highest BCUT2D eigenvalue weighted by atomic mass is 32.2. The monoisotopic (exact) mass is 354 g/mol. The summed E-state index contributed by atoms with van der Waals surface area (Å²) in [6, 6.07) is 5.01. The van der Waals surface area contributed by atoms with Crippen molar-refractivity contribution in [3.63, 3.8) is 0 Å². The Balaban J connectivity index is 0.000000891. The van der Waals surface area contributed by atoms with Crippen LogP contribution in [0.5, 0.6) is 0 Å². The molecule has 132 valence electrons. The summed E-state index contributed by atoms with van der Waals surface area (Å²) < 4.78 is 17.1. The first-order chi connectivity index (χ1) is 11.5. The molecule has 1 unspecified atom stereocenters. The lowest BCUT2D eigenvalue weighted by atomic mass is 10.0. The van der Waals surface area contributed by atoms with Gasteiger partial charge in [-0.3, -0.25) is 9.59 Å². The largest absolute Gasteiger partial charge is 0.483 e. The minimum absolute atomic E-state index is 0.118. The molecule has 0 radical (unpaired) electrons. The van der Waals surface area contributed by atoms with Crippen molar-refractivity contribution in [3.8, 4) is 0 Å². The standard InChI is InChI=1S/C16H21FN2OS.CH2O2/c1-11-5-3-4-6-16(11)21-19-15-8-7-13(9-14(15)17)10-18-12(2)20;2-1-3/h5,7-9,16,19H,3-4,6,10H2,1-2H3,(H,18,20);1H,(H,2,3). The van der Waals surface area contributed by atoms with Gasteiger partial charge in [-0.2, -0.15) is 0 Å². The number of carbonyl (C=O) groups is 2. The first-order valence-corrected chi connectivity index (χ1v) is 8.55. The molecule has 0 saturated carbocycles. The van der Waals surface area contributed by atoms with Crippen LogP contribution in [0.4, 0.5) is 10.1 Å². The van der Waals surface area contributed by atoms with Gasteiger partial charge in [-0.15, -0.1) is 0 Å². The van der Waals surface area contributed by atoms with E-state index in [-0.39, 0.29) is 18.2 Å². The Bertz CT molecular complexity index is 593. The summed E-state index contributed by atoms with van der Waals surface area (Å²) in [4.78, 5) is 19.2. The molecule has 3 N–H and O–H groups in total. The summed E-state index contributed by atoms with van der Waals surface area (Å²) in [6.07, 6.45) is 5.72. The highest BCUT2D eigenvalue weighted by molar-refractivity contribution is 8.01. The third-order valence-corrected chi connectivity index (χ3v) is 4.76. The Morgan fingerprint density at radius 2 is 2.21 bits per heavy atom. The van der Waals surface area contributed by atoms with Gasteiger partial charge in [0.2, 0.25) is 5.91 Å². The van der Waals surface area contributed by atoms with Gasteiger partial charge in [0.1, 0.15) is 5.82 Å². The van der Waals surface area contributed by atoms with Gasteiger partial charge in [-0.25, -0.2) is 4.39 Å². The van der Waals surface area contributed by atoms with Crippen LogP contribution >= 0.6 is 11.9 Å². The Kier molecular flexibility index (Phi) is 8.93. The van der Waals surface area contributed by atoms with E-state index in [1.807, 2.05) is 6.07 Å². The molecule has 1 aliphatic rings. The van der Waals surface area contributed by atoms with Crippen molar-refractivity contribution in [2.24, 2.45) is 0 Å². The molecule has 1 atom stereocenters. The maximum Gasteiger partial charge on any atom is 0.290 e. The number of carbonyl (C=O) groups excluding carboxylic acids is 1. The second kappa shape index (κ2) is 10.7. The molecule has 1 aliphatic carbocycles. The zero-order chi connectivity index (χ0) is 17.9. The third-order valence-electron chi connectivity index (χ3n) is 3.53. The smallest absolute Gasteiger partial charge is 0.290 e. The number of nitrogens with one attached hydrogen (secondary N) is 2. The Morgan fingerprint density at radius 3 is 2.79 bits per heavy atom. The van der Waals surface area contributed by atoms with Gasteiger partial charge in [-0.1, -0.05) is 17.7 Å². The zero-order valence-electron chi connectivity index (χ0n) is 13.8. The molecule has 0 fully saturated rings. The molecule has 1 amide bonds. The summed E-state index contributed by atoms with van der Waals surface area (Å²) >= 11 is 1.57. The van der Waals surface area contributed by atoms with Crippen LogP contribution in [0.3, 0.4) is 0 Å².